The van der Waals surface area contributed by atoms with Crippen LogP contribution in [0.2, 0.25) is 0 Å². The third-order valence-corrected chi connectivity index (χ3v) is 6.71. The number of unbranched alkanes of at least 4 members (excludes halogenated alkanes) is 1. The second kappa shape index (κ2) is 9.45. The highest BCUT2D eigenvalue weighted by atomic mass is 16.3. The van der Waals surface area contributed by atoms with E-state index in [1.165, 1.54) is 25.7 Å². The van der Waals surface area contributed by atoms with Gasteiger partial charge >= 0.3 is 0 Å². The van der Waals surface area contributed by atoms with E-state index >= 15 is 0 Å². The van der Waals surface area contributed by atoms with Crippen molar-refractivity contribution in [3.05, 3.63) is 30.0 Å². The van der Waals surface area contributed by atoms with Crippen molar-refractivity contribution in [2.24, 2.45) is 5.92 Å². The number of aromatic nitrogens is 4. The number of benzene rings is 1. The zero-order valence-electron chi connectivity index (χ0n) is 19.0. The number of aryl methyl sites for hydroxylation is 2. The van der Waals surface area contributed by atoms with Gasteiger partial charge in [0.15, 0.2) is 5.65 Å². The van der Waals surface area contributed by atoms with E-state index in [4.69, 9.17) is 15.0 Å². The Morgan fingerprint density at radius 3 is 2.66 bits per heavy atom. The Bertz CT molecular complexity index is 1070. The summed E-state index contributed by atoms with van der Waals surface area (Å²) in [4.78, 5) is 14.9. The zero-order valence-corrected chi connectivity index (χ0v) is 19.0. The lowest BCUT2D eigenvalue weighted by atomic mass is 9.94. The number of phenols is 1. The van der Waals surface area contributed by atoms with Crippen molar-refractivity contribution in [2.75, 3.05) is 18.4 Å². The van der Waals surface area contributed by atoms with Crippen molar-refractivity contribution >= 4 is 17.1 Å². The summed E-state index contributed by atoms with van der Waals surface area (Å²) in [6, 6.07) is 7.98. The Morgan fingerprint density at radius 2 is 1.91 bits per heavy atom. The molecule has 1 aromatic carbocycles. The van der Waals surface area contributed by atoms with E-state index in [-0.39, 0.29) is 5.75 Å². The van der Waals surface area contributed by atoms with Crippen LogP contribution < -0.4 is 10.6 Å². The Morgan fingerprint density at radius 1 is 1.09 bits per heavy atom. The van der Waals surface area contributed by atoms with Gasteiger partial charge in [-0.3, -0.25) is 0 Å². The molecule has 1 aliphatic carbocycles. The predicted molar refractivity (Wildman–Crippen MR) is 128 cm³/mol. The minimum Gasteiger partial charge on any atom is -0.507 e. The van der Waals surface area contributed by atoms with Gasteiger partial charge in [0.2, 0.25) is 5.95 Å². The van der Waals surface area contributed by atoms with Crippen LogP contribution in [-0.2, 0) is 13.0 Å². The van der Waals surface area contributed by atoms with Crippen LogP contribution >= 0.6 is 0 Å². The van der Waals surface area contributed by atoms with Gasteiger partial charge in [-0.15, -0.1) is 0 Å². The minimum absolute atomic E-state index is 0.255. The van der Waals surface area contributed by atoms with Crippen LogP contribution in [0.25, 0.3) is 22.6 Å². The number of aromatic hydroxyl groups is 1. The maximum absolute atomic E-state index is 10.6. The number of hydrogen-bond acceptors (Lipinski definition) is 6. The first kappa shape index (κ1) is 21.2. The normalized spacial score (nSPS) is 17.2. The largest absolute Gasteiger partial charge is 0.507 e. The van der Waals surface area contributed by atoms with Gasteiger partial charge in [0.05, 0.1) is 11.3 Å². The Balaban J connectivity index is 1.59. The fourth-order valence-corrected chi connectivity index (χ4v) is 4.61. The molecule has 0 bridgehead atoms. The maximum atomic E-state index is 10.6. The second-order valence-electron chi connectivity index (χ2n) is 9.27. The van der Waals surface area contributed by atoms with E-state index in [2.05, 4.69) is 22.1 Å². The van der Waals surface area contributed by atoms with Crippen LogP contribution in [0.4, 0.5) is 5.95 Å². The number of anilines is 1. The molecule has 0 unspecified atom stereocenters. The zero-order chi connectivity index (χ0) is 21.9. The number of nitrogens with one attached hydrogen (secondary N) is 2. The molecular weight excluding hydrogens is 400 g/mol. The molecule has 32 heavy (non-hydrogen) atoms. The van der Waals surface area contributed by atoms with E-state index in [0.29, 0.717) is 12.0 Å². The number of imidazole rings is 1. The highest BCUT2D eigenvalue weighted by Crippen LogP contribution is 2.33. The van der Waals surface area contributed by atoms with Gasteiger partial charge in [0, 0.05) is 12.6 Å². The molecule has 0 radical (unpaired) electrons. The number of rotatable bonds is 9. The standard InChI is InChI=1S/C25H34N6O/c1-2-3-7-20-22-24(30-25(28-20)27-18-9-10-18)31(16-13-17-11-14-26-15-12-17)23(29-22)19-6-4-5-8-21(19)32/h4-6,8,17-18,26,32H,2-3,7,9-16H2,1H3,(H,27,28,30). The van der Waals surface area contributed by atoms with Crippen molar-refractivity contribution in [1.82, 2.24) is 24.8 Å². The first-order valence-electron chi connectivity index (χ1n) is 12.3. The molecule has 2 aromatic heterocycles. The van der Waals surface area contributed by atoms with Crippen LogP contribution in [0.15, 0.2) is 24.3 Å². The van der Waals surface area contributed by atoms with Gasteiger partial charge in [0.25, 0.3) is 0 Å². The van der Waals surface area contributed by atoms with Crippen molar-refractivity contribution in [2.45, 2.75) is 70.9 Å². The van der Waals surface area contributed by atoms with Crippen LogP contribution in [-0.4, -0.2) is 43.8 Å². The number of piperidine rings is 1. The Hall–Kier alpha value is -2.67. The summed E-state index contributed by atoms with van der Waals surface area (Å²) in [5.41, 5.74) is 3.54. The third-order valence-electron chi connectivity index (χ3n) is 6.71. The van der Waals surface area contributed by atoms with Gasteiger partial charge in [-0.2, -0.15) is 4.98 Å². The molecule has 0 atom stereocenters. The average molecular weight is 435 g/mol. The van der Waals surface area contributed by atoms with Gasteiger partial charge in [-0.05, 0) is 76.1 Å². The molecule has 5 rings (SSSR count). The van der Waals surface area contributed by atoms with Gasteiger partial charge in [0.1, 0.15) is 17.1 Å². The molecule has 7 nitrogen and oxygen atoms in total. The Labute approximate surface area is 189 Å². The second-order valence-corrected chi connectivity index (χ2v) is 9.27. The molecule has 2 aliphatic rings. The topological polar surface area (TPSA) is 87.9 Å². The number of nitrogens with zero attached hydrogens (tertiary/aromatic N) is 4. The van der Waals surface area contributed by atoms with Crippen LogP contribution in [0.5, 0.6) is 5.75 Å². The molecule has 2 fully saturated rings. The molecule has 3 N–H and O–H groups in total. The minimum atomic E-state index is 0.255. The van der Waals surface area contributed by atoms with Gasteiger partial charge < -0.3 is 20.3 Å². The average Bonchev–Trinajstić information content (AvgIpc) is 3.56. The first-order chi connectivity index (χ1) is 15.7. The molecule has 1 saturated carbocycles. The summed E-state index contributed by atoms with van der Waals surface area (Å²) in [5, 5.41) is 17.6. The lowest BCUT2D eigenvalue weighted by Crippen LogP contribution is -2.28. The van der Waals surface area contributed by atoms with Crippen molar-refractivity contribution < 1.29 is 5.11 Å². The smallest absolute Gasteiger partial charge is 0.225 e. The van der Waals surface area contributed by atoms with Crippen molar-refractivity contribution in [1.29, 1.82) is 0 Å². The van der Waals surface area contributed by atoms with Gasteiger partial charge in [-0.1, -0.05) is 25.5 Å². The van der Waals surface area contributed by atoms with E-state index in [0.717, 1.165) is 79.5 Å². The summed E-state index contributed by atoms with van der Waals surface area (Å²) < 4.78 is 2.22. The van der Waals surface area contributed by atoms with E-state index < -0.39 is 0 Å². The van der Waals surface area contributed by atoms with E-state index in [1.54, 1.807) is 6.07 Å². The SMILES string of the molecule is CCCCc1nc(NC2CC2)nc2c1nc(-c1ccccc1O)n2CCC1CCNCC1. The first-order valence-corrected chi connectivity index (χ1v) is 12.3. The molecule has 1 saturated heterocycles. The number of fused-ring (bicyclic) bond motifs is 1. The molecule has 1 aliphatic heterocycles. The molecule has 170 valence electrons. The quantitative estimate of drug-likeness (QED) is 0.459. The van der Waals surface area contributed by atoms with Crippen LogP contribution in [0.3, 0.4) is 0 Å². The highest BCUT2D eigenvalue weighted by molar-refractivity contribution is 5.81. The number of hydrogen-bond donors (Lipinski definition) is 3. The summed E-state index contributed by atoms with van der Waals surface area (Å²) in [5.74, 6) is 2.47. The molecule has 3 aromatic rings. The summed E-state index contributed by atoms with van der Waals surface area (Å²) in [6.45, 7) is 5.24. The highest BCUT2D eigenvalue weighted by Gasteiger charge is 2.25. The monoisotopic (exact) mass is 434 g/mol. The molecule has 0 spiro atoms. The molecule has 7 heteroatoms. The van der Waals surface area contributed by atoms with E-state index in [9.17, 15) is 5.11 Å². The lowest BCUT2D eigenvalue weighted by Gasteiger charge is -2.23. The lowest BCUT2D eigenvalue weighted by molar-refractivity contribution is 0.339. The molecular formula is C25H34N6O. The molecule has 3 heterocycles. The summed E-state index contributed by atoms with van der Waals surface area (Å²) >= 11 is 0. The van der Waals surface area contributed by atoms with Crippen molar-refractivity contribution in [3.8, 4) is 17.1 Å². The number of phenolic OH excluding ortho intramolecular Hbond substituents is 1. The maximum Gasteiger partial charge on any atom is 0.225 e. The third kappa shape index (κ3) is 4.58. The van der Waals surface area contributed by atoms with E-state index in [1.807, 2.05) is 18.2 Å². The summed E-state index contributed by atoms with van der Waals surface area (Å²) in [7, 11) is 0. The van der Waals surface area contributed by atoms with Crippen molar-refractivity contribution in [3.63, 3.8) is 0 Å². The van der Waals surface area contributed by atoms with Gasteiger partial charge in [-0.25, -0.2) is 9.97 Å². The Kier molecular flexibility index (Phi) is 6.26. The van der Waals surface area contributed by atoms with Crippen LogP contribution in [0.1, 0.15) is 57.6 Å². The fraction of sp³-hybridized carbons (Fsp3) is 0.560. The summed E-state index contributed by atoms with van der Waals surface area (Å²) in [6.07, 6.45) is 8.96. The number of para-hydroxylation sites is 1. The predicted octanol–water partition coefficient (Wildman–Crippen LogP) is 4.51. The molecule has 0 amide bonds. The fourth-order valence-electron chi connectivity index (χ4n) is 4.61. The van der Waals surface area contributed by atoms with Crippen LogP contribution in [0, 0.1) is 5.92 Å².